The maximum atomic E-state index is 14.7. The van der Waals surface area contributed by atoms with Crippen LogP contribution in [0.1, 0.15) is 99.3 Å². The fourth-order valence-corrected chi connectivity index (χ4v) is 10.6. The van der Waals surface area contributed by atoms with E-state index in [0.29, 0.717) is 18.4 Å². The minimum atomic E-state index is -0.598. The Morgan fingerprint density at radius 3 is 2.25 bits per heavy atom. The van der Waals surface area contributed by atoms with E-state index in [1.165, 1.54) is 5.57 Å². The van der Waals surface area contributed by atoms with E-state index < -0.39 is 12.4 Å². The van der Waals surface area contributed by atoms with Crippen LogP contribution in [0.15, 0.2) is 23.3 Å². The highest BCUT2D eigenvalue weighted by atomic mass is 16.7. The zero-order chi connectivity index (χ0) is 38.0. The van der Waals surface area contributed by atoms with Gasteiger partial charge in [0.25, 0.3) is 0 Å². The SMILES string of the molecule is CCN[C@@H]1CC[C@@H](O[C@H]2CCC[C@@H](CC)OC(=O)C[C@@H]3C(=C[C@@H]4[C@@H]3C=C(C)[C@@H]3C[C@@H](O[C@H]5O[C@@H](C)[C@H](OC)[C@@H](OC)[C@@H]5OC)C[C@H]43)C(=O)[C@@H]2C)O[C@H]1C. The highest BCUT2D eigenvalue weighted by Gasteiger charge is 2.53. The van der Waals surface area contributed by atoms with Crippen LogP contribution in [-0.4, -0.2) is 107 Å². The Morgan fingerprint density at radius 2 is 1.57 bits per heavy atom. The molecule has 300 valence electrons. The summed E-state index contributed by atoms with van der Waals surface area (Å²) in [4.78, 5) is 28.3. The van der Waals surface area contributed by atoms with Gasteiger partial charge >= 0.3 is 5.97 Å². The minimum Gasteiger partial charge on any atom is -0.462 e. The lowest BCUT2D eigenvalue weighted by molar-refractivity contribution is -0.314. The van der Waals surface area contributed by atoms with E-state index in [2.05, 4.69) is 45.2 Å². The van der Waals surface area contributed by atoms with Crippen molar-refractivity contribution in [1.82, 2.24) is 5.32 Å². The molecule has 1 N–H and O–H groups in total. The molecule has 3 aliphatic heterocycles. The Bertz CT molecular complexity index is 1320. The average Bonchev–Trinajstić information content (AvgIpc) is 3.72. The van der Waals surface area contributed by atoms with Crippen LogP contribution >= 0.6 is 0 Å². The van der Waals surface area contributed by atoms with E-state index in [1.807, 2.05) is 13.8 Å². The highest BCUT2D eigenvalue weighted by Crippen LogP contribution is 2.56. The number of cyclic esters (lactones) is 1. The van der Waals surface area contributed by atoms with Crippen LogP contribution in [0.5, 0.6) is 0 Å². The molecule has 3 heterocycles. The number of methoxy groups -OCH3 is 3. The van der Waals surface area contributed by atoms with E-state index in [4.69, 9.17) is 37.9 Å². The van der Waals surface area contributed by atoms with Gasteiger partial charge in [-0.1, -0.05) is 38.5 Å². The Morgan fingerprint density at radius 1 is 0.811 bits per heavy atom. The molecule has 0 aromatic carbocycles. The van der Waals surface area contributed by atoms with Crippen molar-refractivity contribution in [2.45, 2.75) is 167 Å². The summed E-state index contributed by atoms with van der Waals surface area (Å²) >= 11 is 0. The lowest BCUT2D eigenvalue weighted by Gasteiger charge is -2.44. The number of carbonyl (C=O) groups is 2. The molecule has 0 aromatic rings. The van der Waals surface area contributed by atoms with E-state index in [0.717, 1.165) is 57.1 Å². The minimum absolute atomic E-state index is 0.0270. The average molecular weight is 746 g/mol. The highest BCUT2D eigenvalue weighted by molar-refractivity contribution is 5.99. The maximum absolute atomic E-state index is 14.7. The molecule has 6 aliphatic rings. The summed E-state index contributed by atoms with van der Waals surface area (Å²) in [6, 6.07) is 0.300. The summed E-state index contributed by atoms with van der Waals surface area (Å²) in [5, 5.41) is 3.52. The van der Waals surface area contributed by atoms with Crippen LogP contribution in [-0.2, 0) is 47.5 Å². The van der Waals surface area contributed by atoms with Crippen LogP contribution in [0, 0.1) is 35.5 Å². The molecule has 17 atom stereocenters. The monoisotopic (exact) mass is 745 g/mol. The number of ether oxygens (including phenoxy) is 8. The summed E-state index contributed by atoms with van der Waals surface area (Å²) < 4.78 is 49.7. The van der Waals surface area contributed by atoms with Gasteiger partial charge in [-0.3, -0.25) is 9.59 Å². The molecule has 0 unspecified atom stereocenters. The van der Waals surface area contributed by atoms with Crippen LogP contribution in [0.2, 0.25) is 0 Å². The van der Waals surface area contributed by atoms with Crippen molar-refractivity contribution < 1.29 is 47.5 Å². The van der Waals surface area contributed by atoms with Crippen molar-refractivity contribution in [3.05, 3.63) is 23.3 Å². The number of fused-ring (bicyclic) bond motifs is 5. The van der Waals surface area contributed by atoms with Crippen LogP contribution in [0.25, 0.3) is 0 Å². The molecule has 11 nitrogen and oxygen atoms in total. The van der Waals surface area contributed by atoms with E-state index >= 15 is 0 Å². The number of hydrogen-bond acceptors (Lipinski definition) is 11. The number of nitrogens with one attached hydrogen (secondary N) is 1. The van der Waals surface area contributed by atoms with Gasteiger partial charge in [0.15, 0.2) is 18.4 Å². The summed E-state index contributed by atoms with van der Waals surface area (Å²) in [7, 11) is 4.98. The third kappa shape index (κ3) is 8.68. The van der Waals surface area contributed by atoms with Gasteiger partial charge in [0.2, 0.25) is 0 Å². The number of hydrogen-bond donors (Lipinski definition) is 1. The topological polar surface area (TPSA) is 120 Å². The van der Waals surface area contributed by atoms with Crippen LogP contribution in [0.4, 0.5) is 0 Å². The summed E-state index contributed by atoms with van der Waals surface area (Å²) in [5.74, 6) is 0.00876. The van der Waals surface area contributed by atoms with Crippen LogP contribution in [0.3, 0.4) is 0 Å². The Kier molecular flexibility index (Phi) is 13.9. The number of carbonyl (C=O) groups excluding carboxylic acids is 2. The molecule has 1 saturated carbocycles. The second kappa shape index (κ2) is 18.0. The second-order valence-electron chi connectivity index (χ2n) is 16.6. The van der Waals surface area contributed by atoms with Crippen molar-refractivity contribution in [1.29, 1.82) is 0 Å². The lowest BCUT2D eigenvalue weighted by Crippen LogP contribution is -2.59. The van der Waals surface area contributed by atoms with Gasteiger partial charge in [-0.05, 0) is 108 Å². The van der Waals surface area contributed by atoms with Gasteiger partial charge in [0.1, 0.15) is 24.4 Å². The summed E-state index contributed by atoms with van der Waals surface area (Å²) in [5.41, 5.74) is 2.07. The first-order valence-corrected chi connectivity index (χ1v) is 20.6. The number of likely N-dealkylation sites (N-methyl/N-ethyl adjacent to an activating group) is 1. The fourth-order valence-electron chi connectivity index (χ4n) is 10.6. The normalized spacial score (nSPS) is 45.2. The number of Topliss-reactive ketones (excluding diaryl/α,β-unsaturated/α-hetero) is 1. The zero-order valence-corrected chi connectivity index (χ0v) is 33.6. The Balaban J connectivity index is 1.22. The van der Waals surface area contributed by atoms with Crippen molar-refractivity contribution >= 4 is 11.8 Å². The summed E-state index contributed by atoms with van der Waals surface area (Å²) in [6.45, 7) is 13.4. The number of esters is 1. The van der Waals surface area contributed by atoms with Crippen molar-refractivity contribution in [3.63, 3.8) is 0 Å². The molecule has 3 saturated heterocycles. The lowest BCUT2D eigenvalue weighted by atomic mass is 9.67. The molecule has 0 spiro atoms. The van der Waals surface area contributed by atoms with Gasteiger partial charge in [-0.25, -0.2) is 0 Å². The number of rotatable bonds is 10. The zero-order valence-electron chi connectivity index (χ0n) is 33.6. The third-order valence-electron chi connectivity index (χ3n) is 13.5. The molecule has 0 aromatic heterocycles. The molecule has 0 bridgehead atoms. The molecule has 4 fully saturated rings. The van der Waals surface area contributed by atoms with Crippen LogP contribution < -0.4 is 5.32 Å². The number of ketones is 1. The van der Waals surface area contributed by atoms with Gasteiger partial charge in [-0.15, -0.1) is 0 Å². The van der Waals surface area contributed by atoms with Gasteiger partial charge in [0.05, 0.1) is 30.8 Å². The van der Waals surface area contributed by atoms with Gasteiger partial charge < -0.3 is 43.2 Å². The molecule has 11 heteroatoms. The smallest absolute Gasteiger partial charge is 0.306 e. The Labute approximate surface area is 317 Å². The molecule has 6 rings (SSSR count). The van der Waals surface area contributed by atoms with E-state index in [-0.39, 0.29) is 96.8 Å². The predicted molar refractivity (Wildman–Crippen MR) is 199 cm³/mol. The molecule has 0 amide bonds. The van der Waals surface area contributed by atoms with Crippen molar-refractivity contribution in [2.24, 2.45) is 35.5 Å². The largest absolute Gasteiger partial charge is 0.462 e. The molecule has 53 heavy (non-hydrogen) atoms. The Hall–Kier alpha value is -1.70. The van der Waals surface area contributed by atoms with Crippen molar-refractivity contribution in [2.75, 3.05) is 27.9 Å². The van der Waals surface area contributed by atoms with Crippen molar-refractivity contribution in [3.8, 4) is 0 Å². The van der Waals surface area contributed by atoms with E-state index in [1.54, 1.807) is 21.3 Å². The molecular formula is C42H67NO10. The van der Waals surface area contributed by atoms with Gasteiger partial charge in [-0.2, -0.15) is 0 Å². The quantitative estimate of drug-likeness (QED) is 0.212. The molecular weight excluding hydrogens is 678 g/mol. The first-order valence-electron chi connectivity index (χ1n) is 20.6. The van der Waals surface area contributed by atoms with Gasteiger partial charge in [0, 0.05) is 39.2 Å². The van der Waals surface area contributed by atoms with E-state index in [9.17, 15) is 9.59 Å². The first kappa shape index (κ1) is 40.9. The second-order valence-corrected chi connectivity index (χ2v) is 16.6. The number of allylic oxidation sites excluding steroid dienone is 4. The first-order chi connectivity index (χ1) is 25.5. The molecule has 3 aliphatic carbocycles. The standard InChI is InChI=1S/C42H67NO10/c1-10-26-13-12-14-35(53-37-16-15-34(43-11-2)24(5)49-37)23(4)38(45)33-20-31-29(32(33)21-36(44)51-26)17-22(3)28-18-27(19-30(28)31)52-42-41(48-9)40(47-8)39(46-7)25(6)50-42/h17,20,23-32,34-35,37,39-43H,10-16,18-19,21H2,1-9H3/t23-,24+,25+,26-,27-,28+,29+,30+,31-,32+,34-,35+,37-,39+,40-,41+,42-/m1/s1. The predicted octanol–water partition coefficient (Wildman–Crippen LogP) is 5.93. The third-order valence-corrected chi connectivity index (χ3v) is 13.5. The maximum Gasteiger partial charge on any atom is 0.306 e. The summed E-state index contributed by atoms with van der Waals surface area (Å²) in [6.07, 6.45) is 8.54. The fraction of sp³-hybridized carbons (Fsp3) is 0.857. The molecule has 0 radical (unpaired) electrons.